The molecule has 3 N–H and O–H groups in total. The van der Waals surface area contributed by atoms with Crippen molar-refractivity contribution in [3.8, 4) is 5.75 Å². The maximum absolute atomic E-state index is 11.1. The lowest BCUT2D eigenvalue weighted by Crippen LogP contribution is -2.13. The van der Waals surface area contributed by atoms with E-state index in [9.17, 15) is 9.90 Å². The van der Waals surface area contributed by atoms with Gasteiger partial charge >= 0.3 is 6.09 Å². The third kappa shape index (κ3) is 3.29. The van der Waals surface area contributed by atoms with Crippen LogP contribution in [0.1, 0.15) is 5.56 Å². The van der Waals surface area contributed by atoms with Crippen LogP contribution < -0.4 is 5.32 Å². The second kappa shape index (κ2) is 5.77. The molecule has 1 rings (SSSR count). The van der Waals surface area contributed by atoms with Crippen molar-refractivity contribution >= 4 is 11.8 Å². The van der Waals surface area contributed by atoms with E-state index in [2.05, 4.69) is 11.9 Å². The number of carbonyl (C=O) groups is 1. The van der Waals surface area contributed by atoms with Crippen LogP contribution in [0.3, 0.4) is 0 Å². The van der Waals surface area contributed by atoms with Gasteiger partial charge in [0.2, 0.25) is 0 Å². The van der Waals surface area contributed by atoms with Gasteiger partial charge in [0, 0.05) is 11.3 Å². The Morgan fingerprint density at radius 3 is 2.94 bits per heavy atom. The highest BCUT2D eigenvalue weighted by molar-refractivity contribution is 5.84. The SMILES string of the molecule is C=CCOC(=O)Nc1ccc(O)c(CO)c1. The maximum atomic E-state index is 11.1. The molecule has 0 radical (unpaired) electrons. The molecule has 0 spiro atoms. The summed E-state index contributed by atoms with van der Waals surface area (Å²) in [6, 6.07) is 4.35. The monoisotopic (exact) mass is 223 g/mol. The molecule has 0 aliphatic heterocycles. The Labute approximate surface area is 93.0 Å². The van der Waals surface area contributed by atoms with Gasteiger partial charge in [-0.25, -0.2) is 4.79 Å². The summed E-state index contributed by atoms with van der Waals surface area (Å²) >= 11 is 0. The van der Waals surface area contributed by atoms with Gasteiger partial charge in [0.25, 0.3) is 0 Å². The molecule has 0 bridgehead atoms. The fourth-order valence-electron chi connectivity index (χ4n) is 1.08. The Morgan fingerprint density at radius 1 is 1.56 bits per heavy atom. The molecule has 16 heavy (non-hydrogen) atoms. The van der Waals surface area contributed by atoms with Crippen molar-refractivity contribution in [2.45, 2.75) is 6.61 Å². The van der Waals surface area contributed by atoms with E-state index in [-0.39, 0.29) is 19.0 Å². The molecular weight excluding hydrogens is 210 g/mol. The maximum Gasteiger partial charge on any atom is 0.411 e. The lowest BCUT2D eigenvalue weighted by atomic mass is 10.2. The molecule has 0 aliphatic carbocycles. The second-order valence-electron chi connectivity index (χ2n) is 3.01. The summed E-state index contributed by atoms with van der Waals surface area (Å²) < 4.78 is 4.71. The molecule has 0 fully saturated rings. The van der Waals surface area contributed by atoms with Crippen LogP contribution in [0, 0.1) is 0 Å². The molecule has 0 heterocycles. The van der Waals surface area contributed by atoms with E-state index in [4.69, 9.17) is 9.84 Å². The minimum absolute atomic E-state index is 0.0208. The average Bonchev–Trinajstić information content (AvgIpc) is 2.29. The van der Waals surface area contributed by atoms with Gasteiger partial charge in [-0.2, -0.15) is 0 Å². The van der Waals surface area contributed by atoms with E-state index in [0.29, 0.717) is 11.3 Å². The van der Waals surface area contributed by atoms with Crippen molar-refractivity contribution in [3.05, 3.63) is 36.4 Å². The fraction of sp³-hybridized carbons (Fsp3) is 0.182. The van der Waals surface area contributed by atoms with E-state index in [1.807, 2.05) is 0 Å². The number of aromatic hydroxyl groups is 1. The minimum Gasteiger partial charge on any atom is -0.508 e. The van der Waals surface area contributed by atoms with Crippen LogP contribution >= 0.6 is 0 Å². The van der Waals surface area contributed by atoms with E-state index >= 15 is 0 Å². The third-order valence-corrected chi connectivity index (χ3v) is 1.83. The van der Waals surface area contributed by atoms with Crippen LogP contribution in [-0.2, 0) is 11.3 Å². The lowest BCUT2D eigenvalue weighted by Gasteiger charge is -2.07. The summed E-state index contributed by atoms with van der Waals surface area (Å²) in [6.45, 7) is 3.23. The predicted molar refractivity (Wildman–Crippen MR) is 59.2 cm³/mol. The van der Waals surface area contributed by atoms with Gasteiger partial charge in [0.1, 0.15) is 12.4 Å². The van der Waals surface area contributed by atoms with E-state index in [1.54, 1.807) is 0 Å². The van der Waals surface area contributed by atoms with Gasteiger partial charge in [-0.3, -0.25) is 5.32 Å². The summed E-state index contributed by atoms with van der Waals surface area (Å²) in [7, 11) is 0. The van der Waals surface area contributed by atoms with Gasteiger partial charge in [-0.1, -0.05) is 12.7 Å². The second-order valence-corrected chi connectivity index (χ2v) is 3.01. The zero-order chi connectivity index (χ0) is 12.0. The summed E-state index contributed by atoms with van der Waals surface area (Å²) in [5.41, 5.74) is 0.775. The highest BCUT2D eigenvalue weighted by Gasteiger charge is 2.05. The number of nitrogens with one attached hydrogen (secondary N) is 1. The average molecular weight is 223 g/mol. The van der Waals surface area contributed by atoms with Crippen LogP contribution in [0.4, 0.5) is 10.5 Å². The number of amides is 1. The van der Waals surface area contributed by atoms with Crippen molar-refractivity contribution in [3.63, 3.8) is 0 Å². The molecule has 1 aromatic carbocycles. The Balaban J connectivity index is 2.66. The third-order valence-electron chi connectivity index (χ3n) is 1.83. The van der Waals surface area contributed by atoms with Crippen LogP contribution in [0.2, 0.25) is 0 Å². The van der Waals surface area contributed by atoms with Gasteiger partial charge in [-0.15, -0.1) is 0 Å². The molecule has 5 nitrogen and oxygen atoms in total. The highest BCUT2D eigenvalue weighted by Crippen LogP contribution is 2.21. The highest BCUT2D eigenvalue weighted by atomic mass is 16.5. The first kappa shape index (κ1) is 12.1. The largest absolute Gasteiger partial charge is 0.508 e. The van der Waals surface area contributed by atoms with E-state index in [1.165, 1.54) is 24.3 Å². The molecule has 86 valence electrons. The first-order chi connectivity index (χ1) is 7.67. The first-order valence-corrected chi connectivity index (χ1v) is 4.64. The first-order valence-electron chi connectivity index (χ1n) is 4.64. The van der Waals surface area contributed by atoms with Crippen LogP contribution in [0.25, 0.3) is 0 Å². The number of aliphatic hydroxyl groups excluding tert-OH is 1. The normalized spacial score (nSPS) is 9.56. The smallest absolute Gasteiger partial charge is 0.411 e. The van der Waals surface area contributed by atoms with Crippen molar-refractivity contribution in [1.29, 1.82) is 0 Å². The van der Waals surface area contributed by atoms with Crippen molar-refractivity contribution in [2.24, 2.45) is 0 Å². The van der Waals surface area contributed by atoms with E-state index in [0.717, 1.165) is 0 Å². The molecule has 1 amide bonds. The van der Waals surface area contributed by atoms with Gasteiger partial charge in [0.15, 0.2) is 0 Å². The van der Waals surface area contributed by atoms with Gasteiger partial charge in [0.05, 0.1) is 6.61 Å². The molecule has 0 unspecified atom stereocenters. The summed E-state index contributed by atoms with van der Waals surface area (Å²) in [6.07, 6.45) is 0.838. The Bertz CT molecular complexity index is 390. The molecule has 0 saturated carbocycles. The fourth-order valence-corrected chi connectivity index (χ4v) is 1.08. The number of anilines is 1. The topological polar surface area (TPSA) is 78.8 Å². The molecule has 0 atom stereocenters. The van der Waals surface area contributed by atoms with Gasteiger partial charge in [-0.05, 0) is 18.2 Å². The number of ether oxygens (including phenoxy) is 1. The van der Waals surface area contributed by atoms with Crippen LogP contribution in [0.5, 0.6) is 5.75 Å². The molecular formula is C11H13NO4. The summed E-state index contributed by atoms with van der Waals surface area (Å²) in [5, 5.41) is 20.6. The number of rotatable bonds is 4. The number of aliphatic hydroxyl groups is 1. The number of hydrogen-bond acceptors (Lipinski definition) is 4. The number of benzene rings is 1. The van der Waals surface area contributed by atoms with E-state index < -0.39 is 6.09 Å². The zero-order valence-corrected chi connectivity index (χ0v) is 8.64. The number of carbonyl (C=O) groups excluding carboxylic acids is 1. The molecule has 0 aliphatic rings. The molecule has 0 aromatic heterocycles. The van der Waals surface area contributed by atoms with Gasteiger partial charge < -0.3 is 14.9 Å². The Hall–Kier alpha value is -2.01. The Kier molecular flexibility index (Phi) is 4.35. The van der Waals surface area contributed by atoms with Crippen molar-refractivity contribution in [1.82, 2.24) is 0 Å². The lowest BCUT2D eigenvalue weighted by molar-refractivity contribution is 0.174. The van der Waals surface area contributed by atoms with Crippen LogP contribution in [-0.4, -0.2) is 22.9 Å². The Morgan fingerprint density at radius 2 is 2.31 bits per heavy atom. The quantitative estimate of drug-likeness (QED) is 0.535. The van der Waals surface area contributed by atoms with Crippen LogP contribution in [0.15, 0.2) is 30.9 Å². The standard InChI is InChI=1S/C11H13NO4/c1-2-5-16-11(15)12-9-3-4-10(14)8(6-9)7-13/h2-4,6,13-14H,1,5,7H2,(H,12,15). The predicted octanol–water partition coefficient (Wildman–Crippen LogP) is 1.62. The van der Waals surface area contributed by atoms with Crippen molar-refractivity contribution in [2.75, 3.05) is 11.9 Å². The molecule has 0 saturated heterocycles. The number of phenols is 1. The summed E-state index contributed by atoms with van der Waals surface area (Å²) in [5.74, 6) is -0.0208. The van der Waals surface area contributed by atoms with Crippen molar-refractivity contribution < 1.29 is 19.7 Å². The zero-order valence-electron chi connectivity index (χ0n) is 8.64. The molecule has 1 aromatic rings. The summed E-state index contributed by atoms with van der Waals surface area (Å²) in [4.78, 5) is 11.1. The minimum atomic E-state index is -0.616. The number of hydrogen-bond donors (Lipinski definition) is 3. The molecule has 5 heteroatoms.